The predicted molar refractivity (Wildman–Crippen MR) is 91.2 cm³/mol. The van der Waals surface area contributed by atoms with Crippen LogP contribution >= 0.6 is 0 Å². The number of unbranched alkanes of at least 4 members (excludes halogenated alkanes) is 8. The summed E-state index contributed by atoms with van der Waals surface area (Å²) in [6.07, 6.45) is 12.8. The number of rotatable bonds is 11. The Morgan fingerprint density at radius 2 is 1.68 bits per heavy atom. The number of nitrogens with zero attached hydrogens (tertiary/aromatic N) is 2. The third-order valence-electron chi connectivity index (χ3n) is 3.69. The van der Waals surface area contributed by atoms with Gasteiger partial charge >= 0.3 is 5.97 Å². The fourth-order valence-electron chi connectivity index (χ4n) is 2.26. The minimum absolute atomic E-state index is 0.343. The number of aliphatic carboxylic acids is 1. The van der Waals surface area contributed by atoms with Crippen LogP contribution in [0.5, 0.6) is 0 Å². The lowest BCUT2D eigenvalue weighted by atomic mass is 10.1. The maximum atomic E-state index is 10.2. The third-order valence-corrected chi connectivity index (χ3v) is 3.69. The van der Waals surface area contributed by atoms with Crippen LogP contribution in [0.2, 0.25) is 0 Å². The number of carbonyl (C=O) groups is 1. The zero-order valence-corrected chi connectivity index (χ0v) is 14.3. The van der Waals surface area contributed by atoms with Crippen molar-refractivity contribution < 1.29 is 15.0 Å². The van der Waals surface area contributed by atoms with Crippen molar-refractivity contribution in [2.24, 2.45) is 4.99 Å². The molecule has 0 aromatic heterocycles. The van der Waals surface area contributed by atoms with Crippen LogP contribution in [0.25, 0.3) is 0 Å². The summed E-state index contributed by atoms with van der Waals surface area (Å²) in [6, 6.07) is 0. The zero-order valence-electron chi connectivity index (χ0n) is 14.3. The molecule has 0 fully saturated rings. The van der Waals surface area contributed by atoms with Gasteiger partial charge in [0.2, 0.25) is 0 Å². The first kappa shape index (κ1) is 20.9. The van der Waals surface area contributed by atoms with Crippen molar-refractivity contribution in [3.05, 3.63) is 0 Å². The van der Waals surface area contributed by atoms with E-state index < -0.39 is 5.97 Å². The van der Waals surface area contributed by atoms with Gasteiger partial charge in [-0.05, 0) is 13.3 Å². The van der Waals surface area contributed by atoms with Gasteiger partial charge in [0.25, 0.3) is 0 Å². The van der Waals surface area contributed by atoms with Crippen LogP contribution in [-0.2, 0) is 4.79 Å². The molecular formula is C17H34N2O3. The van der Waals surface area contributed by atoms with Crippen molar-refractivity contribution in [3.63, 3.8) is 0 Å². The molecule has 22 heavy (non-hydrogen) atoms. The molecule has 2 N–H and O–H groups in total. The predicted octanol–water partition coefficient (Wildman–Crippen LogP) is 3.66. The third kappa shape index (κ3) is 13.9. The topological polar surface area (TPSA) is 73.1 Å². The second-order valence-electron chi connectivity index (χ2n) is 5.86. The maximum Gasteiger partial charge on any atom is 0.303 e. The molecule has 0 bridgehead atoms. The summed E-state index contributed by atoms with van der Waals surface area (Å²) in [5.41, 5.74) is 0. The lowest BCUT2D eigenvalue weighted by Crippen LogP contribution is -2.29. The van der Waals surface area contributed by atoms with E-state index in [0.717, 1.165) is 25.9 Å². The summed E-state index contributed by atoms with van der Waals surface area (Å²) in [7, 11) is 0. The molecule has 130 valence electrons. The largest absolute Gasteiger partial charge is 0.481 e. The van der Waals surface area contributed by atoms with E-state index in [1.807, 2.05) is 0 Å². The lowest BCUT2D eigenvalue weighted by molar-refractivity contribution is -0.137. The first-order chi connectivity index (χ1) is 10.6. The van der Waals surface area contributed by atoms with Gasteiger partial charge in [-0.1, -0.05) is 58.3 Å². The minimum Gasteiger partial charge on any atom is -0.481 e. The quantitative estimate of drug-likeness (QED) is 0.571. The summed E-state index contributed by atoms with van der Waals surface area (Å²) in [6.45, 7) is 5.64. The molecule has 0 radical (unpaired) electrons. The van der Waals surface area contributed by atoms with E-state index >= 15 is 0 Å². The van der Waals surface area contributed by atoms with Crippen molar-refractivity contribution >= 4 is 12.3 Å². The van der Waals surface area contributed by atoms with E-state index in [2.05, 4.69) is 11.9 Å². The van der Waals surface area contributed by atoms with Crippen LogP contribution in [0.15, 0.2) is 4.99 Å². The molecule has 1 atom stereocenters. The van der Waals surface area contributed by atoms with Crippen molar-refractivity contribution in [2.45, 2.75) is 84.3 Å². The van der Waals surface area contributed by atoms with Crippen LogP contribution in [0, 0.1) is 0 Å². The van der Waals surface area contributed by atoms with E-state index in [0.29, 0.717) is 6.42 Å². The highest BCUT2D eigenvalue weighted by atomic mass is 16.4. The van der Waals surface area contributed by atoms with Gasteiger partial charge in [0.15, 0.2) is 0 Å². The molecule has 0 saturated carbocycles. The van der Waals surface area contributed by atoms with E-state index in [4.69, 9.17) is 10.2 Å². The molecule has 0 aromatic carbocycles. The number of hydrogen-bond donors (Lipinski definition) is 2. The Balaban J connectivity index is 0.000000461. The van der Waals surface area contributed by atoms with Crippen LogP contribution in [0.1, 0.15) is 78.1 Å². The van der Waals surface area contributed by atoms with Crippen LogP contribution in [0.4, 0.5) is 0 Å². The molecule has 1 aliphatic heterocycles. The molecule has 0 amide bonds. The van der Waals surface area contributed by atoms with Crippen molar-refractivity contribution in [1.82, 2.24) is 4.90 Å². The van der Waals surface area contributed by atoms with Gasteiger partial charge in [-0.3, -0.25) is 9.79 Å². The fraction of sp³-hybridized carbons (Fsp3) is 0.882. The molecule has 1 rings (SSSR count). The van der Waals surface area contributed by atoms with Crippen LogP contribution < -0.4 is 0 Å². The molecule has 1 unspecified atom stereocenters. The number of carboxylic acids is 1. The van der Waals surface area contributed by atoms with Gasteiger partial charge < -0.3 is 15.1 Å². The number of carboxylic acid groups (broad SMARTS) is 1. The lowest BCUT2D eigenvalue weighted by Gasteiger charge is -2.16. The van der Waals surface area contributed by atoms with E-state index in [9.17, 15) is 4.79 Å². The molecule has 0 saturated heterocycles. The molecule has 5 nitrogen and oxygen atoms in total. The Hall–Kier alpha value is -1.10. The fourth-order valence-corrected chi connectivity index (χ4v) is 2.26. The molecule has 0 aliphatic carbocycles. The maximum absolute atomic E-state index is 10.2. The summed E-state index contributed by atoms with van der Waals surface area (Å²) in [5, 5.41) is 17.3. The van der Waals surface area contributed by atoms with Gasteiger partial charge in [-0.2, -0.15) is 0 Å². The minimum atomic E-state index is -0.659. The van der Waals surface area contributed by atoms with Gasteiger partial charge in [0.1, 0.15) is 6.23 Å². The highest BCUT2D eigenvalue weighted by Gasteiger charge is 2.08. The van der Waals surface area contributed by atoms with E-state index in [-0.39, 0.29) is 6.23 Å². The number of aliphatic imine (C=N–C) groups is 1. The normalized spacial score (nSPS) is 14.6. The van der Waals surface area contributed by atoms with Gasteiger partial charge in [-0.25, -0.2) is 0 Å². The number of hydrogen-bond acceptors (Lipinski definition) is 4. The Morgan fingerprint density at radius 1 is 1.14 bits per heavy atom. The average Bonchev–Trinajstić information content (AvgIpc) is 3.00. The highest BCUT2D eigenvalue weighted by Crippen LogP contribution is 2.10. The smallest absolute Gasteiger partial charge is 0.303 e. The van der Waals surface area contributed by atoms with Crippen molar-refractivity contribution in [3.8, 4) is 0 Å². The zero-order chi connectivity index (χ0) is 16.6. The average molecular weight is 314 g/mol. The van der Waals surface area contributed by atoms with Gasteiger partial charge in [0.05, 0.1) is 12.9 Å². The monoisotopic (exact) mass is 314 g/mol. The van der Waals surface area contributed by atoms with Crippen LogP contribution in [-0.4, -0.2) is 46.7 Å². The van der Waals surface area contributed by atoms with Gasteiger partial charge in [-0.15, -0.1) is 0 Å². The number of aliphatic hydroxyl groups is 1. The number of aliphatic hydroxyl groups excluding tert-OH is 1. The first-order valence-electron chi connectivity index (χ1n) is 8.73. The summed E-state index contributed by atoms with van der Waals surface area (Å²) >= 11 is 0. The van der Waals surface area contributed by atoms with Gasteiger partial charge in [0, 0.05) is 13.0 Å². The Bertz CT molecular complexity index is 294. The summed E-state index contributed by atoms with van der Waals surface area (Å²) in [5.74, 6) is -0.659. The Morgan fingerprint density at radius 3 is 2.05 bits per heavy atom. The van der Waals surface area contributed by atoms with Crippen molar-refractivity contribution in [2.75, 3.05) is 13.1 Å². The van der Waals surface area contributed by atoms with Crippen LogP contribution in [0.3, 0.4) is 0 Å². The summed E-state index contributed by atoms with van der Waals surface area (Å²) < 4.78 is 0. The molecule has 0 aromatic rings. The standard InChI is InChI=1S/C12H24O2.C5H10N2O/c1-2-3-4-5-6-7-8-9-10-11-12(13)14;1-5(8)7-3-2-6-4-7/h2-11H2,1H3,(H,13,14);4-5,8H,2-3H2,1H3. The van der Waals surface area contributed by atoms with Crippen molar-refractivity contribution in [1.29, 1.82) is 0 Å². The molecular weight excluding hydrogens is 280 g/mol. The van der Waals surface area contributed by atoms with E-state index in [1.54, 1.807) is 18.2 Å². The molecule has 5 heteroatoms. The SMILES string of the molecule is CC(O)N1C=NCC1.CCCCCCCCCCCC(=O)O. The second kappa shape index (κ2) is 14.8. The molecule has 1 aliphatic rings. The Kier molecular flexibility index (Phi) is 14.1. The highest BCUT2D eigenvalue weighted by molar-refractivity contribution is 5.66. The first-order valence-corrected chi connectivity index (χ1v) is 8.73. The Labute approximate surface area is 135 Å². The summed E-state index contributed by atoms with van der Waals surface area (Å²) in [4.78, 5) is 15.9. The van der Waals surface area contributed by atoms with E-state index in [1.165, 1.54) is 44.9 Å². The molecule has 1 heterocycles. The molecule has 0 spiro atoms. The second-order valence-corrected chi connectivity index (χ2v) is 5.86.